The lowest BCUT2D eigenvalue weighted by atomic mass is 10.0. The highest BCUT2D eigenvalue weighted by Crippen LogP contribution is 2.07. The molecule has 0 bridgehead atoms. The molecule has 0 aromatic heterocycles. The second kappa shape index (κ2) is 14.9. The summed E-state index contributed by atoms with van der Waals surface area (Å²) in [6, 6.07) is 0.534. The first-order valence-corrected chi connectivity index (χ1v) is 7.50. The van der Waals surface area contributed by atoms with E-state index in [2.05, 4.69) is 5.32 Å². The first-order valence-electron chi connectivity index (χ1n) is 7.50. The molecule has 0 aliphatic heterocycles. The highest BCUT2D eigenvalue weighted by Gasteiger charge is 2.06. The largest absolute Gasteiger partial charge is 0.396 e. The first-order chi connectivity index (χ1) is 8.85. The van der Waals surface area contributed by atoms with Crippen LogP contribution in [0.5, 0.6) is 0 Å². The number of hydrogen-bond acceptors (Lipinski definition) is 4. The Morgan fingerprint density at radius 3 is 2.00 bits per heavy atom. The third-order valence-electron chi connectivity index (χ3n) is 3.24. The third-order valence-corrected chi connectivity index (χ3v) is 3.24. The molecule has 0 fully saturated rings. The van der Waals surface area contributed by atoms with Gasteiger partial charge in [0.1, 0.15) is 0 Å². The van der Waals surface area contributed by atoms with Crippen molar-refractivity contribution in [1.82, 2.24) is 5.32 Å². The SMILES string of the molecule is NCCC(CCCCCO)NCCCCCCO. The van der Waals surface area contributed by atoms with E-state index in [9.17, 15) is 0 Å². The van der Waals surface area contributed by atoms with Crippen LogP contribution in [0.25, 0.3) is 0 Å². The zero-order valence-corrected chi connectivity index (χ0v) is 11.7. The van der Waals surface area contributed by atoms with Gasteiger partial charge in [-0.1, -0.05) is 25.7 Å². The molecule has 1 atom stereocenters. The van der Waals surface area contributed by atoms with Crippen LogP contribution >= 0.6 is 0 Å². The quantitative estimate of drug-likeness (QED) is 0.356. The Bertz CT molecular complexity index is 157. The average molecular weight is 260 g/mol. The lowest BCUT2D eigenvalue weighted by Gasteiger charge is -2.18. The Kier molecular flexibility index (Phi) is 14.8. The number of nitrogens with one attached hydrogen (secondary N) is 1. The van der Waals surface area contributed by atoms with Crippen molar-refractivity contribution in [3.8, 4) is 0 Å². The molecule has 5 N–H and O–H groups in total. The Hall–Kier alpha value is -0.160. The number of hydrogen-bond donors (Lipinski definition) is 4. The lowest BCUT2D eigenvalue weighted by molar-refractivity contribution is 0.280. The molecule has 0 aromatic rings. The second-order valence-corrected chi connectivity index (χ2v) is 4.94. The standard InChI is InChI=1S/C14H32N2O2/c15-10-9-14(8-4-3-7-13-18)16-11-5-1-2-6-12-17/h14,16-18H,1-13,15H2. The van der Waals surface area contributed by atoms with Crippen molar-refractivity contribution >= 4 is 0 Å². The van der Waals surface area contributed by atoms with Crippen molar-refractivity contribution in [3.05, 3.63) is 0 Å². The maximum atomic E-state index is 8.73. The van der Waals surface area contributed by atoms with Gasteiger partial charge in [0.2, 0.25) is 0 Å². The summed E-state index contributed by atoms with van der Waals surface area (Å²) >= 11 is 0. The summed E-state index contributed by atoms with van der Waals surface area (Å²) in [6.07, 6.45) is 9.80. The molecule has 110 valence electrons. The molecule has 0 aliphatic rings. The van der Waals surface area contributed by atoms with Crippen molar-refractivity contribution in [2.24, 2.45) is 5.73 Å². The minimum atomic E-state index is 0.305. The van der Waals surface area contributed by atoms with Crippen LogP contribution in [-0.2, 0) is 0 Å². The summed E-state index contributed by atoms with van der Waals surface area (Å²) < 4.78 is 0. The van der Waals surface area contributed by atoms with Gasteiger partial charge in [-0.3, -0.25) is 0 Å². The summed E-state index contributed by atoms with van der Waals surface area (Å²) in [5, 5.41) is 21.0. The van der Waals surface area contributed by atoms with E-state index in [1.165, 1.54) is 19.3 Å². The summed E-state index contributed by atoms with van der Waals surface area (Å²) in [5.74, 6) is 0. The maximum Gasteiger partial charge on any atom is 0.0431 e. The molecule has 18 heavy (non-hydrogen) atoms. The number of nitrogens with two attached hydrogens (primary N) is 1. The molecule has 0 heterocycles. The molecule has 0 aliphatic carbocycles. The molecule has 0 saturated heterocycles. The van der Waals surface area contributed by atoms with Crippen LogP contribution in [0.4, 0.5) is 0 Å². The van der Waals surface area contributed by atoms with Gasteiger partial charge < -0.3 is 21.3 Å². The van der Waals surface area contributed by atoms with E-state index in [0.29, 0.717) is 19.3 Å². The van der Waals surface area contributed by atoms with Crippen LogP contribution in [0, 0.1) is 0 Å². The van der Waals surface area contributed by atoms with Gasteiger partial charge in [-0.25, -0.2) is 0 Å². The molecule has 0 spiro atoms. The fourth-order valence-corrected chi connectivity index (χ4v) is 2.13. The smallest absolute Gasteiger partial charge is 0.0431 e. The highest BCUT2D eigenvalue weighted by atomic mass is 16.3. The molecule has 1 unspecified atom stereocenters. The Morgan fingerprint density at radius 2 is 1.39 bits per heavy atom. The van der Waals surface area contributed by atoms with Crippen molar-refractivity contribution in [1.29, 1.82) is 0 Å². The van der Waals surface area contributed by atoms with Crippen LogP contribution in [-0.4, -0.2) is 42.6 Å². The molecular formula is C14H32N2O2. The normalized spacial score (nSPS) is 12.8. The van der Waals surface area contributed by atoms with Crippen molar-refractivity contribution in [3.63, 3.8) is 0 Å². The molecule has 0 saturated carbocycles. The Balaban J connectivity index is 3.44. The van der Waals surface area contributed by atoms with Gasteiger partial charge in [-0.15, -0.1) is 0 Å². The third kappa shape index (κ3) is 12.3. The van der Waals surface area contributed by atoms with Crippen molar-refractivity contribution < 1.29 is 10.2 Å². The van der Waals surface area contributed by atoms with E-state index in [0.717, 1.165) is 51.6 Å². The summed E-state index contributed by atoms with van der Waals surface area (Å²) in [5.41, 5.74) is 5.62. The van der Waals surface area contributed by atoms with Crippen LogP contribution in [0.3, 0.4) is 0 Å². The summed E-state index contributed by atoms with van der Waals surface area (Å²) in [4.78, 5) is 0. The predicted octanol–water partition coefficient (Wildman–Crippen LogP) is 1.40. The fraction of sp³-hybridized carbons (Fsp3) is 1.00. The van der Waals surface area contributed by atoms with Crippen molar-refractivity contribution in [2.45, 2.75) is 63.8 Å². The summed E-state index contributed by atoms with van der Waals surface area (Å²) in [6.45, 7) is 2.41. The minimum Gasteiger partial charge on any atom is -0.396 e. The van der Waals surface area contributed by atoms with Crippen LogP contribution < -0.4 is 11.1 Å². The van der Waals surface area contributed by atoms with Gasteiger partial charge in [0, 0.05) is 19.3 Å². The first kappa shape index (κ1) is 17.8. The molecule has 4 heteroatoms. The zero-order chi connectivity index (χ0) is 13.5. The van der Waals surface area contributed by atoms with Gasteiger partial charge in [0.25, 0.3) is 0 Å². The summed E-state index contributed by atoms with van der Waals surface area (Å²) in [7, 11) is 0. The monoisotopic (exact) mass is 260 g/mol. The van der Waals surface area contributed by atoms with E-state index in [1.807, 2.05) is 0 Å². The Morgan fingerprint density at radius 1 is 0.778 bits per heavy atom. The molecule has 0 aromatic carbocycles. The Labute approximate surface area is 112 Å². The molecule has 4 nitrogen and oxygen atoms in total. The topological polar surface area (TPSA) is 78.5 Å². The van der Waals surface area contributed by atoms with E-state index in [4.69, 9.17) is 15.9 Å². The van der Waals surface area contributed by atoms with Gasteiger partial charge >= 0.3 is 0 Å². The van der Waals surface area contributed by atoms with E-state index < -0.39 is 0 Å². The molecular weight excluding hydrogens is 228 g/mol. The van der Waals surface area contributed by atoms with Gasteiger partial charge in [-0.2, -0.15) is 0 Å². The van der Waals surface area contributed by atoms with E-state index >= 15 is 0 Å². The van der Waals surface area contributed by atoms with Crippen LogP contribution in [0.15, 0.2) is 0 Å². The number of unbranched alkanes of at least 4 members (excludes halogenated alkanes) is 5. The van der Waals surface area contributed by atoms with Crippen molar-refractivity contribution in [2.75, 3.05) is 26.3 Å². The minimum absolute atomic E-state index is 0.305. The molecule has 0 amide bonds. The van der Waals surface area contributed by atoms with Crippen LogP contribution in [0.1, 0.15) is 57.8 Å². The number of aliphatic hydroxyl groups is 2. The molecule has 0 radical (unpaired) electrons. The predicted molar refractivity (Wildman–Crippen MR) is 76.6 cm³/mol. The van der Waals surface area contributed by atoms with Gasteiger partial charge in [-0.05, 0) is 45.2 Å². The zero-order valence-electron chi connectivity index (χ0n) is 11.7. The number of rotatable bonds is 14. The maximum absolute atomic E-state index is 8.73. The second-order valence-electron chi connectivity index (χ2n) is 4.94. The van der Waals surface area contributed by atoms with E-state index in [1.54, 1.807) is 0 Å². The van der Waals surface area contributed by atoms with Gasteiger partial charge in [0.15, 0.2) is 0 Å². The van der Waals surface area contributed by atoms with E-state index in [-0.39, 0.29) is 0 Å². The highest BCUT2D eigenvalue weighted by molar-refractivity contribution is 4.67. The average Bonchev–Trinajstić information content (AvgIpc) is 2.38. The number of aliphatic hydroxyl groups excluding tert-OH is 2. The van der Waals surface area contributed by atoms with Gasteiger partial charge in [0.05, 0.1) is 0 Å². The molecule has 0 rings (SSSR count). The fourth-order valence-electron chi connectivity index (χ4n) is 2.13. The van der Waals surface area contributed by atoms with Crippen LogP contribution in [0.2, 0.25) is 0 Å². The lowest BCUT2D eigenvalue weighted by Crippen LogP contribution is -2.32.